The fraction of sp³-hybridized carbons (Fsp3) is 0.467. The summed E-state index contributed by atoms with van der Waals surface area (Å²) in [5, 5.41) is 3.34. The van der Waals surface area contributed by atoms with Crippen LogP contribution in [0.15, 0.2) is 18.2 Å². The molecule has 0 bridgehead atoms. The van der Waals surface area contributed by atoms with Crippen LogP contribution < -0.4 is 14.8 Å². The van der Waals surface area contributed by atoms with E-state index in [0.29, 0.717) is 13.2 Å². The minimum Gasteiger partial charge on any atom is -0.490 e. The lowest BCUT2D eigenvalue weighted by atomic mass is 10.1. The summed E-state index contributed by atoms with van der Waals surface area (Å²) < 4.78 is 11.3. The van der Waals surface area contributed by atoms with Gasteiger partial charge >= 0.3 is 0 Å². The molecule has 1 aromatic carbocycles. The van der Waals surface area contributed by atoms with Crippen LogP contribution in [0.25, 0.3) is 0 Å². The van der Waals surface area contributed by atoms with Gasteiger partial charge in [0.1, 0.15) is 0 Å². The minimum atomic E-state index is 0.0518. The van der Waals surface area contributed by atoms with Gasteiger partial charge in [-0.15, -0.1) is 6.42 Å². The van der Waals surface area contributed by atoms with E-state index < -0.39 is 0 Å². The Kier molecular flexibility index (Phi) is 4.11. The first-order chi connectivity index (χ1) is 8.70. The minimum absolute atomic E-state index is 0.0518. The zero-order chi connectivity index (χ0) is 13.0. The molecule has 1 aliphatic heterocycles. The Labute approximate surface area is 108 Å². The number of fused-ring (bicyclic) bond motifs is 1. The molecule has 1 aromatic rings. The number of ether oxygens (including phenoxy) is 2. The molecule has 1 heterocycles. The van der Waals surface area contributed by atoms with E-state index in [1.54, 1.807) is 0 Å². The quantitative estimate of drug-likeness (QED) is 0.830. The Bertz CT molecular complexity index is 450. The molecule has 1 N–H and O–H groups in total. The third-order valence-electron chi connectivity index (χ3n) is 3.02. The van der Waals surface area contributed by atoms with Crippen LogP contribution in [-0.2, 0) is 0 Å². The van der Waals surface area contributed by atoms with Crippen LogP contribution in [0.2, 0.25) is 0 Å². The van der Waals surface area contributed by atoms with Gasteiger partial charge in [0.15, 0.2) is 11.5 Å². The second-order valence-corrected chi connectivity index (χ2v) is 4.53. The zero-order valence-electron chi connectivity index (χ0n) is 10.9. The van der Waals surface area contributed by atoms with Gasteiger partial charge < -0.3 is 9.47 Å². The van der Waals surface area contributed by atoms with Crippen molar-refractivity contribution in [2.24, 2.45) is 0 Å². The number of rotatable bonds is 3. The molecule has 0 saturated heterocycles. The molecule has 0 aromatic heterocycles. The summed E-state index contributed by atoms with van der Waals surface area (Å²) >= 11 is 0. The van der Waals surface area contributed by atoms with Gasteiger partial charge in [-0.05, 0) is 31.5 Å². The number of hydrogen-bond donors (Lipinski definition) is 1. The maximum atomic E-state index is 5.68. The highest BCUT2D eigenvalue weighted by Gasteiger charge is 2.14. The van der Waals surface area contributed by atoms with Crippen LogP contribution in [0.4, 0.5) is 0 Å². The Morgan fingerprint density at radius 3 is 2.67 bits per heavy atom. The summed E-state index contributed by atoms with van der Waals surface area (Å²) in [7, 11) is 0. The van der Waals surface area contributed by atoms with Crippen LogP contribution >= 0.6 is 0 Å². The molecule has 0 aliphatic carbocycles. The first kappa shape index (κ1) is 12.8. The SMILES string of the molecule is C#CC(C)NC(C)c1ccc2c(c1)OCCCO2. The maximum absolute atomic E-state index is 5.68. The molecule has 0 radical (unpaired) electrons. The van der Waals surface area contributed by atoms with Crippen LogP contribution in [0.5, 0.6) is 11.5 Å². The van der Waals surface area contributed by atoms with Gasteiger partial charge in [-0.2, -0.15) is 0 Å². The van der Waals surface area contributed by atoms with Crippen molar-refractivity contribution in [1.29, 1.82) is 0 Å². The topological polar surface area (TPSA) is 30.5 Å². The molecule has 0 spiro atoms. The predicted octanol–water partition coefficient (Wildman–Crippen LogP) is 2.52. The van der Waals surface area contributed by atoms with Crippen molar-refractivity contribution in [1.82, 2.24) is 5.32 Å². The van der Waals surface area contributed by atoms with Gasteiger partial charge in [0.05, 0.1) is 19.3 Å². The number of nitrogens with one attached hydrogen (secondary N) is 1. The lowest BCUT2D eigenvalue weighted by Gasteiger charge is -2.18. The first-order valence-corrected chi connectivity index (χ1v) is 6.32. The van der Waals surface area contributed by atoms with E-state index in [2.05, 4.69) is 24.2 Å². The summed E-state index contributed by atoms with van der Waals surface area (Å²) in [6.45, 7) is 5.49. The largest absolute Gasteiger partial charge is 0.490 e. The van der Waals surface area contributed by atoms with E-state index in [0.717, 1.165) is 23.5 Å². The normalized spacial score (nSPS) is 17.4. The first-order valence-electron chi connectivity index (χ1n) is 6.32. The summed E-state index contributed by atoms with van der Waals surface area (Å²) in [5.41, 5.74) is 1.15. The van der Waals surface area contributed by atoms with Crippen molar-refractivity contribution in [3.63, 3.8) is 0 Å². The monoisotopic (exact) mass is 245 g/mol. The number of hydrogen-bond acceptors (Lipinski definition) is 3. The zero-order valence-corrected chi connectivity index (χ0v) is 10.9. The molecule has 2 rings (SSSR count). The predicted molar refractivity (Wildman–Crippen MR) is 71.9 cm³/mol. The maximum Gasteiger partial charge on any atom is 0.161 e. The molecular formula is C15H19NO2. The second kappa shape index (κ2) is 5.79. The van der Waals surface area contributed by atoms with E-state index in [-0.39, 0.29) is 12.1 Å². The molecule has 2 unspecified atom stereocenters. The van der Waals surface area contributed by atoms with E-state index in [1.807, 2.05) is 19.1 Å². The summed E-state index contributed by atoms with van der Waals surface area (Å²) in [6, 6.07) is 6.29. The fourth-order valence-corrected chi connectivity index (χ4v) is 1.97. The third kappa shape index (κ3) is 2.96. The summed E-state index contributed by atoms with van der Waals surface area (Å²) in [6.07, 6.45) is 6.30. The standard InChI is InChI=1S/C15H19NO2/c1-4-11(2)16-12(3)13-6-7-14-15(10-13)18-9-5-8-17-14/h1,6-7,10-12,16H,5,8-9H2,2-3H3. The summed E-state index contributed by atoms with van der Waals surface area (Å²) in [5.74, 6) is 4.32. The highest BCUT2D eigenvalue weighted by atomic mass is 16.5. The van der Waals surface area contributed by atoms with Gasteiger partial charge in [-0.1, -0.05) is 12.0 Å². The van der Waals surface area contributed by atoms with E-state index in [1.165, 1.54) is 0 Å². The van der Waals surface area contributed by atoms with Crippen molar-refractivity contribution >= 4 is 0 Å². The van der Waals surface area contributed by atoms with Crippen molar-refractivity contribution in [2.45, 2.75) is 32.4 Å². The highest BCUT2D eigenvalue weighted by molar-refractivity contribution is 5.44. The smallest absolute Gasteiger partial charge is 0.161 e. The molecular weight excluding hydrogens is 226 g/mol. The Hall–Kier alpha value is -1.66. The van der Waals surface area contributed by atoms with Crippen molar-refractivity contribution in [3.8, 4) is 23.8 Å². The van der Waals surface area contributed by atoms with Crippen LogP contribution in [0.3, 0.4) is 0 Å². The lowest BCUT2D eigenvalue weighted by Crippen LogP contribution is -2.27. The van der Waals surface area contributed by atoms with Crippen LogP contribution in [0.1, 0.15) is 31.9 Å². The molecule has 3 nitrogen and oxygen atoms in total. The molecule has 3 heteroatoms. The number of benzene rings is 1. The Balaban J connectivity index is 2.15. The molecule has 0 saturated carbocycles. The average Bonchev–Trinajstić information content (AvgIpc) is 2.62. The lowest BCUT2D eigenvalue weighted by molar-refractivity contribution is 0.297. The average molecular weight is 245 g/mol. The van der Waals surface area contributed by atoms with E-state index in [9.17, 15) is 0 Å². The van der Waals surface area contributed by atoms with Gasteiger partial charge in [0, 0.05) is 12.5 Å². The molecule has 18 heavy (non-hydrogen) atoms. The van der Waals surface area contributed by atoms with Gasteiger partial charge in [0.2, 0.25) is 0 Å². The van der Waals surface area contributed by atoms with Crippen LogP contribution in [-0.4, -0.2) is 19.3 Å². The molecule has 1 aliphatic rings. The molecule has 0 fully saturated rings. The Morgan fingerprint density at radius 1 is 1.22 bits per heavy atom. The Morgan fingerprint density at radius 2 is 1.94 bits per heavy atom. The van der Waals surface area contributed by atoms with Crippen LogP contribution in [0, 0.1) is 12.3 Å². The molecule has 96 valence electrons. The molecule has 2 atom stereocenters. The fourth-order valence-electron chi connectivity index (χ4n) is 1.97. The van der Waals surface area contributed by atoms with Gasteiger partial charge in [0.25, 0.3) is 0 Å². The van der Waals surface area contributed by atoms with Gasteiger partial charge in [-0.3, -0.25) is 5.32 Å². The molecule has 0 amide bonds. The van der Waals surface area contributed by atoms with Crippen molar-refractivity contribution in [3.05, 3.63) is 23.8 Å². The van der Waals surface area contributed by atoms with E-state index in [4.69, 9.17) is 15.9 Å². The third-order valence-corrected chi connectivity index (χ3v) is 3.02. The van der Waals surface area contributed by atoms with Crippen molar-refractivity contribution in [2.75, 3.05) is 13.2 Å². The summed E-state index contributed by atoms with van der Waals surface area (Å²) in [4.78, 5) is 0. The highest BCUT2D eigenvalue weighted by Crippen LogP contribution is 2.32. The second-order valence-electron chi connectivity index (χ2n) is 4.53. The van der Waals surface area contributed by atoms with Crippen molar-refractivity contribution < 1.29 is 9.47 Å². The van der Waals surface area contributed by atoms with Gasteiger partial charge in [-0.25, -0.2) is 0 Å². The van der Waals surface area contributed by atoms with E-state index >= 15 is 0 Å². The number of terminal acetylenes is 1.